The van der Waals surface area contributed by atoms with E-state index >= 15 is 0 Å². The third kappa shape index (κ3) is 3.66. The lowest BCUT2D eigenvalue weighted by molar-refractivity contribution is -0.139. The smallest absolute Gasteiger partial charge is 0.295 e. The van der Waals surface area contributed by atoms with Crippen molar-refractivity contribution in [2.45, 2.75) is 0 Å². The topological polar surface area (TPSA) is 61.2 Å². The number of amides is 1. The first-order chi connectivity index (χ1) is 14.0. The van der Waals surface area contributed by atoms with Crippen LogP contribution in [0.1, 0.15) is 0 Å². The number of hydrogen-bond acceptors (Lipinski definition) is 3. The lowest BCUT2D eigenvalue weighted by atomic mass is 10.3. The van der Waals surface area contributed by atoms with E-state index in [1.165, 1.54) is 19.0 Å². The summed E-state index contributed by atoms with van der Waals surface area (Å²) in [6.45, 7) is -2.85. The normalized spacial score (nSPS) is 10.7. The fourth-order valence-corrected chi connectivity index (χ4v) is 7.45. The minimum atomic E-state index is -2.85. The third-order valence-electron chi connectivity index (χ3n) is 4.69. The van der Waals surface area contributed by atoms with Crippen LogP contribution in [0.15, 0.2) is 91.0 Å². The van der Waals surface area contributed by atoms with Crippen LogP contribution in [0.25, 0.3) is 0 Å². The van der Waals surface area contributed by atoms with Gasteiger partial charge < -0.3 is 4.90 Å². The highest BCUT2D eigenvalue weighted by molar-refractivity contribution is 7.97. The molecule has 4 nitrogen and oxygen atoms in total. The van der Waals surface area contributed by atoms with Gasteiger partial charge in [-0.05, 0) is 22.8 Å². The number of likely N-dealkylation sites (N-methyl/N-ethyl adjacent to an activating group) is 1. The third-order valence-corrected chi connectivity index (χ3v) is 8.88. The van der Waals surface area contributed by atoms with E-state index in [2.05, 4.69) is 6.07 Å². The SMILES string of the molecule is CN(C)C(=O)C(=O)C(C#N)=P(c1ccccc1)(c1ccccc1)c1ccccc1. The Morgan fingerprint density at radius 1 is 0.724 bits per heavy atom. The first-order valence-electron chi connectivity index (χ1n) is 9.13. The Bertz CT molecular complexity index is 1010. The number of ketones is 1. The van der Waals surface area contributed by atoms with E-state index in [9.17, 15) is 14.9 Å². The molecule has 0 aliphatic heterocycles. The molecule has 0 saturated carbocycles. The number of carbonyl (C=O) groups excluding carboxylic acids is 2. The first kappa shape index (κ1) is 20.3. The number of Topliss-reactive ketones (excluding diaryl/α,β-unsaturated/α-hetero) is 1. The summed E-state index contributed by atoms with van der Waals surface area (Å²) in [6.07, 6.45) is 0. The highest BCUT2D eigenvalue weighted by Gasteiger charge is 2.36. The molecule has 0 aliphatic carbocycles. The summed E-state index contributed by atoms with van der Waals surface area (Å²) in [7, 11) is 3.03. The number of benzene rings is 3. The molecule has 0 aliphatic rings. The second kappa shape index (κ2) is 8.73. The van der Waals surface area contributed by atoms with E-state index in [0.29, 0.717) is 0 Å². The molecule has 5 heteroatoms. The minimum absolute atomic E-state index is 0.0141. The van der Waals surface area contributed by atoms with Crippen molar-refractivity contribution in [3.05, 3.63) is 91.0 Å². The zero-order chi connectivity index (χ0) is 20.9. The van der Waals surface area contributed by atoms with Crippen molar-refractivity contribution in [3.63, 3.8) is 0 Å². The van der Waals surface area contributed by atoms with E-state index in [4.69, 9.17) is 0 Å². The maximum absolute atomic E-state index is 13.3. The van der Waals surface area contributed by atoms with Crippen LogP contribution in [-0.2, 0) is 9.59 Å². The summed E-state index contributed by atoms with van der Waals surface area (Å²) in [5.41, 5.74) is 0. The molecule has 144 valence electrons. The molecule has 0 N–H and O–H groups in total. The highest BCUT2D eigenvalue weighted by Crippen LogP contribution is 2.46. The molecule has 0 spiro atoms. The molecule has 29 heavy (non-hydrogen) atoms. The molecule has 1 amide bonds. The van der Waals surface area contributed by atoms with Gasteiger partial charge in [-0.3, -0.25) is 9.59 Å². The fourth-order valence-electron chi connectivity index (χ4n) is 3.37. The minimum Gasteiger partial charge on any atom is -0.342 e. The monoisotopic (exact) mass is 400 g/mol. The van der Waals surface area contributed by atoms with Gasteiger partial charge >= 0.3 is 0 Å². The zero-order valence-electron chi connectivity index (χ0n) is 16.3. The average Bonchev–Trinajstić information content (AvgIpc) is 2.78. The second-order valence-corrected chi connectivity index (χ2v) is 10.0. The standard InChI is InChI=1S/C24H21N2O2P/c1-26(2)24(28)23(27)22(18-25)29(19-12-6-3-7-13-19,20-14-8-4-9-15-20)21-16-10-5-11-17-21/h3-17H,1-2H3. The van der Waals surface area contributed by atoms with Crippen molar-refractivity contribution in [2.24, 2.45) is 0 Å². The number of nitriles is 1. The van der Waals surface area contributed by atoms with E-state index in [1.54, 1.807) is 0 Å². The van der Waals surface area contributed by atoms with Gasteiger partial charge in [0.2, 0.25) is 0 Å². The maximum atomic E-state index is 13.3. The molecule has 0 radical (unpaired) electrons. The van der Waals surface area contributed by atoms with Crippen LogP contribution in [0.3, 0.4) is 0 Å². The molecule has 0 bridgehead atoms. The van der Waals surface area contributed by atoms with E-state index < -0.39 is 18.6 Å². The van der Waals surface area contributed by atoms with Crippen LogP contribution in [0.4, 0.5) is 0 Å². The molecular weight excluding hydrogens is 379 g/mol. The van der Waals surface area contributed by atoms with Gasteiger partial charge in [0.25, 0.3) is 11.7 Å². The quantitative estimate of drug-likeness (QED) is 0.488. The van der Waals surface area contributed by atoms with Gasteiger partial charge in [-0.2, -0.15) is 5.26 Å². The highest BCUT2D eigenvalue weighted by atomic mass is 31.2. The summed E-state index contributed by atoms with van der Waals surface area (Å²) < 4.78 is 0. The number of rotatable bonds is 5. The fraction of sp³-hybridized carbons (Fsp3) is 0.0833. The van der Waals surface area contributed by atoms with Crippen molar-refractivity contribution >= 4 is 39.8 Å². The second-order valence-electron chi connectivity index (χ2n) is 6.67. The Labute approximate surface area is 171 Å². The van der Waals surface area contributed by atoms with Gasteiger partial charge in [0.1, 0.15) is 11.4 Å². The summed E-state index contributed by atoms with van der Waals surface area (Å²) in [6, 6.07) is 30.8. The van der Waals surface area contributed by atoms with E-state index in [-0.39, 0.29) is 5.29 Å². The molecule has 0 atom stereocenters. The molecular formula is C24H21N2O2P. The number of carbonyl (C=O) groups is 2. The van der Waals surface area contributed by atoms with Crippen molar-refractivity contribution in [1.29, 1.82) is 5.26 Å². The van der Waals surface area contributed by atoms with Crippen LogP contribution in [-0.4, -0.2) is 36.0 Å². The summed E-state index contributed by atoms with van der Waals surface area (Å²) in [5.74, 6) is -1.46. The molecule has 0 saturated heterocycles. The molecule has 0 aromatic heterocycles. The molecule has 3 rings (SSSR count). The molecule has 0 unspecified atom stereocenters. The number of hydrogen-bond donors (Lipinski definition) is 0. The largest absolute Gasteiger partial charge is 0.342 e. The Morgan fingerprint density at radius 3 is 1.34 bits per heavy atom. The van der Waals surface area contributed by atoms with Crippen LogP contribution >= 0.6 is 6.89 Å². The average molecular weight is 400 g/mol. The van der Waals surface area contributed by atoms with Crippen LogP contribution in [0, 0.1) is 11.3 Å². The Kier molecular flexibility index (Phi) is 6.12. The summed E-state index contributed by atoms with van der Waals surface area (Å²) >= 11 is 0. The van der Waals surface area contributed by atoms with Crippen molar-refractivity contribution < 1.29 is 9.59 Å². The first-order valence-corrected chi connectivity index (χ1v) is 10.9. The Morgan fingerprint density at radius 2 is 1.07 bits per heavy atom. The van der Waals surface area contributed by atoms with Crippen molar-refractivity contribution in [1.82, 2.24) is 4.90 Å². The van der Waals surface area contributed by atoms with Gasteiger partial charge in [-0.25, -0.2) is 0 Å². The van der Waals surface area contributed by atoms with Crippen LogP contribution in [0.2, 0.25) is 0 Å². The molecule has 3 aromatic carbocycles. The van der Waals surface area contributed by atoms with E-state index in [0.717, 1.165) is 15.9 Å². The summed E-state index contributed by atoms with van der Waals surface area (Å²) in [5, 5.41) is 12.7. The Balaban J connectivity index is 2.58. The molecule has 0 heterocycles. The van der Waals surface area contributed by atoms with Crippen LogP contribution in [0.5, 0.6) is 0 Å². The lowest BCUT2D eigenvalue weighted by Gasteiger charge is -2.30. The van der Waals surface area contributed by atoms with Crippen LogP contribution < -0.4 is 15.9 Å². The van der Waals surface area contributed by atoms with Crippen molar-refractivity contribution in [2.75, 3.05) is 14.1 Å². The van der Waals surface area contributed by atoms with Gasteiger partial charge in [0.05, 0.1) is 0 Å². The zero-order valence-corrected chi connectivity index (χ0v) is 17.2. The maximum Gasteiger partial charge on any atom is 0.295 e. The number of nitrogens with zero attached hydrogens (tertiary/aromatic N) is 2. The summed E-state index contributed by atoms with van der Waals surface area (Å²) in [4.78, 5) is 27.1. The predicted molar refractivity (Wildman–Crippen MR) is 119 cm³/mol. The van der Waals surface area contributed by atoms with Crippen molar-refractivity contribution in [3.8, 4) is 6.07 Å². The van der Waals surface area contributed by atoms with Gasteiger partial charge in [0, 0.05) is 14.1 Å². The molecule has 3 aromatic rings. The van der Waals surface area contributed by atoms with Gasteiger partial charge in [-0.15, -0.1) is 0 Å². The predicted octanol–water partition coefficient (Wildman–Crippen LogP) is 2.33. The molecule has 0 fully saturated rings. The van der Waals surface area contributed by atoms with Gasteiger partial charge in [0.15, 0.2) is 0 Å². The Hall–Kier alpha value is -3.41. The van der Waals surface area contributed by atoms with E-state index in [1.807, 2.05) is 91.0 Å². The van der Waals surface area contributed by atoms with Gasteiger partial charge in [-0.1, -0.05) is 91.0 Å². The lowest BCUT2D eigenvalue weighted by Crippen LogP contribution is -2.39.